The van der Waals surface area contributed by atoms with Crippen LogP contribution in [0.15, 0.2) is 60.7 Å². The molecule has 1 atom stereocenters. The molecule has 1 heterocycles. The minimum atomic E-state index is -0.604. The molecule has 4 rings (SSSR count). The van der Waals surface area contributed by atoms with Crippen LogP contribution in [0.3, 0.4) is 0 Å². The molecule has 1 aliphatic heterocycles. The number of rotatable bonds is 7. The molecule has 0 fully saturated rings. The normalized spacial score (nSPS) is 14.4. The first-order valence-electron chi connectivity index (χ1n) is 11.5. The van der Waals surface area contributed by atoms with Gasteiger partial charge in [0.1, 0.15) is 29.5 Å². The molecular weight excluding hydrogens is 417 g/mol. The predicted molar refractivity (Wildman–Crippen MR) is 127 cm³/mol. The molecule has 0 aromatic heterocycles. The highest BCUT2D eigenvalue weighted by molar-refractivity contribution is 5.96. The lowest BCUT2D eigenvalue weighted by Gasteiger charge is -2.35. The number of carbonyl (C=O) groups excluding carboxylic acids is 1. The largest absolute Gasteiger partial charge is 0.488 e. The van der Waals surface area contributed by atoms with Crippen molar-refractivity contribution in [1.29, 1.82) is 0 Å². The van der Waals surface area contributed by atoms with Gasteiger partial charge in [0.15, 0.2) is 0 Å². The van der Waals surface area contributed by atoms with Crippen molar-refractivity contribution in [3.63, 3.8) is 0 Å². The highest BCUT2D eigenvalue weighted by Crippen LogP contribution is 2.38. The Kier molecular flexibility index (Phi) is 7.09. The maximum Gasteiger partial charge on any atom is 0.347 e. The predicted octanol–water partition coefficient (Wildman–Crippen LogP) is 6.09. The first-order valence-corrected chi connectivity index (χ1v) is 11.5. The number of halogens is 1. The van der Waals surface area contributed by atoms with Gasteiger partial charge < -0.3 is 9.47 Å². The summed E-state index contributed by atoms with van der Waals surface area (Å²) in [4.78, 5) is 15.5. The van der Waals surface area contributed by atoms with E-state index in [2.05, 4.69) is 18.7 Å². The van der Waals surface area contributed by atoms with Gasteiger partial charge in [-0.05, 0) is 44.4 Å². The summed E-state index contributed by atoms with van der Waals surface area (Å²) >= 11 is 0. The van der Waals surface area contributed by atoms with Crippen molar-refractivity contribution in [2.45, 2.75) is 52.8 Å². The lowest BCUT2D eigenvalue weighted by Crippen LogP contribution is -2.38. The van der Waals surface area contributed by atoms with Crippen molar-refractivity contribution in [2.75, 3.05) is 6.54 Å². The molecule has 0 saturated heterocycles. The SMILES string of the molecule is CC[C@@H](C)N1CCc2c(c(F)c(C)c(C(=O)Oc3ccccc3)c2OCc2ccccc2)C1. The average molecular weight is 448 g/mol. The summed E-state index contributed by atoms with van der Waals surface area (Å²) in [5.41, 5.74) is 2.81. The molecule has 33 heavy (non-hydrogen) atoms. The number of para-hydroxylation sites is 1. The molecule has 0 saturated carbocycles. The van der Waals surface area contributed by atoms with Crippen LogP contribution in [0.25, 0.3) is 0 Å². The number of hydrogen-bond donors (Lipinski definition) is 0. The molecule has 4 nitrogen and oxygen atoms in total. The van der Waals surface area contributed by atoms with Crippen LogP contribution in [0.5, 0.6) is 11.5 Å². The average Bonchev–Trinajstić information content (AvgIpc) is 2.85. The Labute approximate surface area is 195 Å². The zero-order valence-corrected chi connectivity index (χ0v) is 19.4. The minimum Gasteiger partial charge on any atom is -0.488 e. The fraction of sp³-hybridized carbons (Fsp3) is 0.321. The van der Waals surface area contributed by atoms with E-state index in [0.29, 0.717) is 42.7 Å². The molecule has 3 aromatic rings. The standard InChI is InChI=1S/C28H30FNO3/c1-4-19(2)30-16-15-23-24(17-30)26(29)20(3)25(28(31)33-22-13-9-6-10-14-22)27(23)32-18-21-11-7-5-8-12-21/h5-14,19H,4,15-18H2,1-3H3/t19-/m1/s1. The summed E-state index contributed by atoms with van der Waals surface area (Å²) < 4.78 is 27.5. The third-order valence-electron chi connectivity index (χ3n) is 6.44. The van der Waals surface area contributed by atoms with Crippen molar-refractivity contribution in [3.8, 4) is 11.5 Å². The molecule has 0 amide bonds. The Balaban J connectivity index is 1.75. The van der Waals surface area contributed by atoms with E-state index in [1.807, 2.05) is 36.4 Å². The van der Waals surface area contributed by atoms with Gasteiger partial charge in [0, 0.05) is 35.8 Å². The van der Waals surface area contributed by atoms with Gasteiger partial charge in [-0.25, -0.2) is 9.18 Å². The summed E-state index contributed by atoms with van der Waals surface area (Å²) in [7, 11) is 0. The van der Waals surface area contributed by atoms with Gasteiger partial charge in [0.05, 0.1) is 0 Å². The van der Waals surface area contributed by atoms with E-state index < -0.39 is 5.97 Å². The summed E-state index contributed by atoms with van der Waals surface area (Å²) in [5, 5.41) is 0. The Bertz CT molecular complexity index is 1120. The smallest absolute Gasteiger partial charge is 0.347 e. The molecule has 0 N–H and O–H groups in total. The summed E-state index contributed by atoms with van der Waals surface area (Å²) in [5.74, 6) is -0.0904. The fourth-order valence-electron chi connectivity index (χ4n) is 4.31. The number of esters is 1. The second kappa shape index (κ2) is 10.2. The topological polar surface area (TPSA) is 38.8 Å². The zero-order valence-electron chi connectivity index (χ0n) is 19.4. The molecule has 0 unspecified atom stereocenters. The zero-order chi connectivity index (χ0) is 23.4. The summed E-state index contributed by atoms with van der Waals surface area (Å²) in [6, 6.07) is 19.0. The number of benzene rings is 3. The van der Waals surface area contributed by atoms with Gasteiger partial charge in [-0.3, -0.25) is 4.90 Å². The lowest BCUT2D eigenvalue weighted by atomic mass is 9.90. The minimum absolute atomic E-state index is 0.169. The molecular formula is C28H30FNO3. The van der Waals surface area contributed by atoms with E-state index >= 15 is 4.39 Å². The molecule has 0 spiro atoms. The number of carbonyl (C=O) groups is 1. The van der Waals surface area contributed by atoms with Crippen molar-refractivity contribution >= 4 is 5.97 Å². The second-order valence-electron chi connectivity index (χ2n) is 8.55. The van der Waals surface area contributed by atoms with E-state index in [4.69, 9.17) is 9.47 Å². The molecule has 1 aliphatic rings. The van der Waals surface area contributed by atoms with Gasteiger partial charge in [0.25, 0.3) is 0 Å². The van der Waals surface area contributed by atoms with E-state index in [-0.39, 0.29) is 16.9 Å². The van der Waals surface area contributed by atoms with Gasteiger partial charge >= 0.3 is 5.97 Å². The lowest BCUT2D eigenvalue weighted by molar-refractivity contribution is 0.0727. The Hall–Kier alpha value is -3.18. The van der Waals surface area contributed by atoms with Crippen LogP contribution in [-0.2, 0) is 19.6 Å². The number of nitrogens with zero attached hydrogens (tertiary/aromatic N) is 1. The number of hydrogen-bond acceptors (Lipinski definition) is 4. The van der Waals surface area contributed by atoms with Crippen LogP contribution < -0.4 is 9.47 Å². The van der Waals surface area contributed by atoms with Crippen molar-refractivity contribution in [2.24, 2.45) is 0 Å². The molecule has 0 bridgehead atoms. The maximum absolute atomic E-state index is 15.6. The Morgan fingerprint density at radius 2 is 1.73 bits per heavy atom. The highest BCUT2D eigenvalue weighted by Gasteiger charge is 2.32. The molecule has 5 heteroatoms. The van der Waals surface area contributed by atoms with Crippen LogP contribution in [-0.4, -0.2) is 23.5 Å². The van der Waals surface area contributed by atoms with Crippen LogP contribution in [0.4, 0.5) is 4.39 Å². The van der Waals surface area contributed by atoms with Gasteiger partial charge in [-0.2, -0.15) is 0 Å². The fourth-order valence-corrected chi connectivity index (χ4v) is 4.31. The molecule has 0 radical (unpaired) electrons. The third-order valence-corrected chi connectivity index (χ3v) is 6.44. The van der Waals surface area contributed by atoms with Crippen LogP contribution in [0.1, 0.15) is 52.9 Å². The second-order valence-corrected chi connectivity index (χ2v) is 8.55. The monoisotopic (exact) mass is 447 g/mol. The van der Waals surface area contributed by atoms with Gasteiger partial charge in [-0.1, -0.05) is 55.5 Å². The van der Waals surface area contributed by atoms with Crippen molar-refractivity contribution < 1.29 is 18.7 Å². The molecule has 172 valence electrons. The van der Waals surface area contributed by atoms with E-state index in [0.717, 1.165) is 24.1 Å². The first-order chi connectivity index (χ1) is 16.0. The third kappa shape index (κ3) is 4.93. The van der Waals surface area contributed by atoms with Crippen LogP contribution in [0, 0.1) is 12.7 Å². The quantitative estimate of drug-likeness (QED) is 0.325. The van der Waals surface area contributed by atoms with Crippen molar-refractivity contribution in [1.82, 2.24) is 4.90 Å². The van der Waals surface area contributed by atoms with Crippen LogP contribution in [0.2, 0.25) is 0 Å². The van der Waals surface area contributed by atoms with E-state index in [9.17, 15) is 4.79 Å². The summed E-state index contributed by atoms with van der Waals surface area (Å²) in [6.45, 7) is 7.52. The van der Waals surface area contributed by atoms with Gasteiger partial charge in [0.2, 0.25) is 0 Å². The maximum atomic E-state index is 15.6. The van der Waals surface area contributed by atoms with E-state index in [1.54, 1.807) is 31.2 Å². The van der Waals surface area contributed by atoms with Crippen molar-refractivity contribution in [3.05, 3.63) is 94.3 Å². The number of ether oxygens (including phenoxy) is 2. The van der Waals surface area contributed by atoms with Gasteiger partial charge in [-0.15, -0.1) is 0 Å². The summed E-state index contributed by atoms with van der Waals surface area (Å²) in [6.07, 6.45) is 1.61. The first kappa shape index (κ1) is 23.0. The molecule has 0 aliphatic carbocycles. The van der Waals surface area contributed by atoms with Crippen LogP contribution >= 0.6 is 0 Å². The Morgan fingerprint density at radius 3 is 2.39 bits per heavy atom. The molecule has 3 aromatic carbocycles. The number of fused-ring (bicyclic) bond motifs is 1. The highest BCUT2D eigenvalue weighted by atomic mass is 19.1. The Morgan fingerprint density at radius 1 is 1.06 bits per heavy atom. The van der Waals surface area contributed by atoms with E-state index in [1.165, 1.54) is 0 Å².